The first-order valence-corrected chi connectivity index (χ1v) is 10.5. The van der Waals surface area contributed by atoms with Crippen molar-refractivity contribution in [3.63, 3.8) is 0 Å². The van der Waals surface area contributed by atoms with E-state index in [1.807, 2.05) is 0 Å². The van der Waals surface area contributed by atoms with Crippen molar-refractivity contribution < 1.29 is 31.2 Å². The number of benzene rings is 1. The number of halogens is 3. The Balaban J connectivity index is 1.67. The maximum atomic E-state index is 12.9. The van der Waals surface area contributed by atoms with Crippen LogP contribution in [0.2, 0.25) is 0 Å². The normalized spacial score (nSPS) is 22.0. The van der Waals surface area contributed by atoms with Crippen molar-refractivity contribution in [3.8, 4) is 0 Å². The second kappa shape index (κ2) is 7.36. The van der Waals surface area contributed by atoms with Crippen molar-refractivity contribution in [3.05, 3.63) is 29.8 Å². The number of nitrogens with zero attached hydrogens (tertiary/aromatic N) is 3. The number of hydrogen-bond donors (Lipinski definition) is 0. The Kier molecular flexibility index (Phi) is 5.41. The van der Waals surface area contributed by atoms with Gasteiger partial charge in [0, 0.05) is 44.8 Å². The van der Waals surface area contributed by atoms with Gasteiger partial charge in [-0.05, 0) is 18.2 Å². The Bertz CT molecular complexity index is 880. The van der Waals surface area contributed by atoms with Gasteiger partial charge in [0.05, 0.1) is 17.7 Å². The maximum Gasteiger partial charge on any atom is 0.416 e. The Morgan fingerprint density at radius 3 is 2.36 bits per heavy atom. The van der Waals surface area contributed by atoms with E-state index in [4.69, 9.17) is 0 Å². The first kappa shape index (κ1) is 20.6. The standard InChI is InChI=1S/C17H20F3N3O4S/c1-28(26,27)22-7-5-21(6-8-22)16(25)12-9-15(24)23(11-12)14-4-2-3-13(10-14)17(18,19)20/h2-4,10,12H,5-9,11H2,1H3/t12-/m1/s1. The summed E-state index contributed by atoms with van der Waals surface area (Å²) in [6, 6.07) is 4.46. The number of sulfonamides is 1. The third-order valence-corrected chi connectivity index (χ3v) is 6.28. The third kappa shape index (κ3) is 4.30. The van der Waals surface area contributed by atoms with Crippen LogP contribution < -0.4 is 4.90 Å². The van der Waals surface area contributed by atoms with Crippen LogP contribution in [0.15, 0.2) is 24.3 Å². The number of piperazine rings is 1. The van der Waals surface area contributed by atoms with Crippen LogP contribution in [-0.2, 0) is 25.8 Å². The summed E-state index contributed by atoms with van der Waals surface area (Å²) in [5.41, 5.74) is -0.749. The van der Waals surface area contributed by atoms with Gasteiger partial charge in [0.2, 0.25) is 21.8 Å². The topological polar surface area (TPSA) is 78.0 Å². The van der Waals surface area contributed by atoms with Crippen LogP contribution in [0.1, 0.15) is 12.0 Å². The Morgan fingerprint density at radius 1 is 1.14 bits per heavy atom. The van der Waals surface area contributed by atoms with Crippen LogP contribution in [0.5, 0.6) is 0 Å². The highest BCUT2D eigenvalue weighted by molar-refractivity contribution is 7.88. The quantitative estimate of drug-likeness (QED) is 0.737. The molecule has 0 radical (unpaired) electrons. The molecule has 2 amide bonds. The van der Waals surface area contributed by atoms with E-state index in [2.05, 4.69) is 0 Å². The van der Waals surface area contributed by atoms with Crippen molar-refractivity contribution >= 4 is 27.5 Å². The average Bonchev–Trinajstić information content (AvgIpc) is 3.01. The van der Waals surface area contributed by atoms with Crippen LogP contribution >= 0.6 is 0 Å². The zero-order chi connectivity index (χ0) is 20.7. The van der Waals surface area contributed by atoms with Gasteiger partial charge in [0.1, 0.15) is 0 Å². The van der Waals surface area contributed by atoms with E-state index in [-0.39, 0.29) is 50.7 Å². The van der Waals surface area contributed by atoms with E-state index in [0.29, 0.717) is 0 Å². The minimum Gasteiger partial charge on any atom is -0.340 e. The van der Waals surface area contributed by atoms with E-state index in [0.717, 1.165) is 18.4 Å². The summed E-state index contributed by atoms with van der Waals surface area (Å²) >= 11 is 0. The fourth-order valence-corrected chi connectivity index (χ4v) is 4.30. The molecule has 2 saturated heterocycles. The molecular weight excluding hydrogens is 399 g/mol. The molecule has 11 heteroatoms. The van der Waals surface area contributed by atoms with Crippen molar-refractivity contribution in [2.75, 3.05) is 43.9 Å². The van der Waals surface area contributed by atoms with Gasteiger partial charge in [0.25, 0.3) is 0 Å². The maximum absolute atomic E-state index is 12.9. The fourth-order valence-electron chi connectivity index (χ4n) is 3.47. The SMILES string of the molecule is CS(=O)(=O)N1CCN(C(=O)[C@@H]2CC(=O)N(c3cccc(C(F)(F)F)c3)C2)CC1. The third-order valence-electron chi connectivity index (χ3n) is 4.98. The monoisotopic (exact) mass is 419 g/mol. The van der Waals surface area contributed by atoms with E-state index in [9.17, 15) is 31.2 Å². The minimum absolute atomic E-state index is 0.00523. The Morgan fingerprint density at radius 2 is 1.79 bits per heavy atom. The molecule has 3 rings (SSSR count). The van der Waals surface area contributed by atoms with E-state index < -0.39 is 33.6 Å². The van der Waals surface area contributed by atoms with Crippen molar-refractivity contribution in [2.24, 2.45) is 5.92 Å². The van der Waals surface area contributed by atoms with Gasteiger partial charge >= 0.3 is 6.18 Å². The molecule has 2 fully saturated rings. The molecule has 2 heterocycles. The highest BCUT2D eigenvalue weighted by atomic mass is 32.2. The van der Waals surface area contributed by atoms with Crippen LogP contribution in [0.4, 0.5) is 18.9 Å². The molecule has 1 atom stereocenters. The van der Waals surface area contributed by atoms with Gasteiger partial charge < -0.3 is 9.80 Å². The highest BCUT2D eigenvalue weighted by Crippen LogP contribution is 2.33. The van der Waals surface area contributed by atoms with E-state index in [1.54, 1.807) is 0 Å². The average molecular weight is 419 g/mol. The van der Waals surface area contributed by atoms with Crippen LogP contribution in [0, 0.1) is 5.92 Å². The van der Waals surface area contributed by atoms with Gasteiger partial charge in [-0.2, -0.15) is 17.5 Å². The number of hydrogen-bond acceptors (Lipinski definition) is 4. The number of carbonyl (C=O) groups is 2. The number of anilines is 1. The zero-order valence-corrected chi connectivity index (χ0v) is 16.0. The largest absolute Gasteiger partial charge is 0.416 e. The lowest BCUT2D eigenvalue weighted by Crippen LogP contribution is -2.51. The molecule has 0 N–H and O–H groups in total. The highest BCUT2D eigenvalue weighted by Gasteiger charge is 2.39. The van der Waals surface area contributed by atoms with Gasteiger partial charge in [-0.25, -0.2) is 8.42 Å². The lowest BCUT2D eigenvalue weighted by Gasteiger charge is -2.34. The molecule has 154 valence electrons. The van der Waals surface area contributed by atoms with Crippen molar-refractivity contribution in [1.82, 2.24) is 9.21 Å². The van der Waals surface area contributed by atoms with E-state index >= 15 is 0 Å². The summed E-state index contributed by atoms with van der Waals surface area (Å²) in [6.07, 6.45) is -3.50. The molecule has 1 aromatic rings. The summed E-state index contributed by atoms with van der Waals surface area (Å²) in [5.74, 6) is -1.35. The zero-order valence-electron chi connectivity index (χ0n) is 15.1. The molecule has 1 aromatic carbocycles. The summed E-state index contributed by atoms with van der Waals surface area (Å²) < 4.78 is 63.1. The number of carbonyl (C=O) groups excluding carboxylic acids is 2. The first-order chi connectivity index (χ1) is 13.0. The Hall–Kier alpha value is -2.14. The molecular formula is C17H20F3N3O4S. The number of alkyl halides is 3. The van der Waals surface area contributed by atoms with Crippen molar-refractivity contribution in [1.29, 1.82) is 0 Å². The predicted molar refractivity (Wildman–Crippen MR) is 94.9 cm³/mol. The van der Waals surface area contributed by atoms with Crippen LogP contribution in [0.25, 0.3) is 0 Å². The van der Waals surface area contributed by atoms with Crippen LogP contribution in [0.3, 0.4) is 0 Å². The Labute approximate surface area is 160 Å². The number of rotatable bonds is 3. The molecule has 2 aliphatic heterocycles. The lowest BCUT2D eigenvalue weighted by molar-refractivity contribution is -0.138. The summed E-state index contributed by atoms with van der Waals surface area (Å²) in [4.78, 5) is 27.7. The molecule has 2 aliphatic rings. The van der Waals surface area contributed by atoms with E-state index in [1.165, 1.54) is 26.2 Å². The smallest absolute Gasteiger partial charge is 0.340 e. The van der Waals surface area contributed by atoms with Gasteiger partial charge in [-0.15, -0.1) is 0 Å². The fraction of sp³-hybridized carbons (Fsp3) is 0.529. The summed E-state index contributed by atoms with van der Waals surface area (Å²) in [5, 5.41) is 0. The van der Waals surface area contributed by atoms with Crippen molar-refractivity contribution in [2.45, 2.75) is 12.6 Å². The second-order valence-corrected chi connectivity index (χ2v) is 8.92. The molecule has 0 unspecified atom stereocenters. The van der Waals surface area contributed by atoms with Gasteiger partial charge in [-0.3, -0.25) is 9.59 Å². The van der Waals surface area contributed by atoms with Crippen LogP contribution in [-0.4, -0.2) is 68.4 Å². The predicted octanol–water partition coefficient (Wildman–Crippen LogP) is 1.16. The van der Waals surface area contributed by atoms with Gasteiger partial charge in [-0.1, -0.05) is 6.07 Å². The lowest BCUT2D eigenvalue weighted by atomic mass is 10.1. The van der Waals surface area contributed by atoms with Gasteiger partial charge in [0.15, 0.2) is 0 Å². The second-order valence-electron chi connectivity index (χ2n) is 6.94. The molecule has 0 bridgehead atoms. The first-order valence-electron chi connectivity index (χ1n) is 8.68. The molecule has 28 heavy (non-hydrogen) atoms. The number of amides is 2. The minimum atomic E-state index is -4.52. The molecule has 0 saturated carbocycles. The molecule has 7 nitrogen and oxygen atoms in total. The summed E-state index contributed by atoms with van der Waals surface area (Å²) in [6.45, 7) is 0.816. The molecule has 0 aromatic heterocycles. The molecule has 0 aliphatic carbocycles. The molecule has 0 spiro atoms. The summed E-state index contributed by atoms with van der Waals surface area (Å²) in [7, 11) is -3.32.